The van der Waals surface area contributed by atoms with Gasteiger partial charge >= 0.3 is 0 Å². The van der Waals surface area contributed by atoms with Crippen LogP contribution < -0.4 is 14.9 Å². The molecule has 0 N–H and O–H groups in total. The van der Waals surface area contributed by atoms with Gasteiger partial charge in [0.05, 0.1) is 23.6 Å². The summed E-state index contributed by atoms with van der Waals surface area (Å²) < 4.78 is 17.6. The molecule has 1 atom stereocenters. The lowest BCUT2D eigenvalue weighted by atomic mass is 9.97. The zero-order chi connectivity index (χ0) is 23.7. The molecule has 6 heteroatoms. The third-order valence-corrected chi connectivity index (χ3v) is 5.66. The van der Waals surface area contributed by atoms with Crippen LogP contribution in [0.25, 0.3) is 11.0 Å². The predicted molar refractivity (Wildman–Crippen MR) is 128 cm³/mol. The summed E-state index contributed by atoms with van der Waals surface area (Å²) in [6, 6.07) is 8.57. The molecule has 1 aliphatic rings. The van der Waals surface area contributed by atoms with Gasteiger partial charge in [0.2, 0.25) is 5.76 Å². The Kier molecular flexibility index (Phi) is 6.09. The van der Waals surface area contributed by atoms with Crippen molar-refractivity contribution in [3.8, 4) is 11.5 Å². The summed E-state index contributed by atoms with van der Waals surface area (Å²) in [6.07, 6.45) is 3.29. The van der Waals surface area contributed by atoms with Crippen molar-refractivity contribution in [1.29, 1.82) is 0 Å². The fourth-order valence-corrected chi connectivity index (χ4v) is 4.38. The maximum absolute atomic E-state index is 13.7. The number of carbonyl (C=O) groups excluding carboxylic acids is 1. The minimum Gasteiger partial charge on any atom is -0.490 e. The first-order valence-corrected chi connectivity index (χ1v) is 10.9. The van der Waals surface area contributed by atoms with Crippen LogP contribution in [0.4, 0.5) is 0 Å². The van der Waals surface area contributed by atoms with Crippen LogP contribution in [-0.4, -0.2) is 30.6 Å². The van der Waals surface area contributed by atoms with E-state index in [0.717, 1.165) is 16.7 Å². The minimum absolute atomic E-state index is 0.0799. The first-order valence-electron chi connectivity index (χ1n) is 10.9. The highest BCUT2D eigenvalue weighted by Crippen LogP contribution is 2.41. The van der Waals surface area contributed by atoms with Crippen LogP contribution >= 0.6 is 0 Å². The van der Waals surface area contributed by atoms with Crippen molar-refractivity contribution >= 4 is 16.9 Å². The van der Waals surface area contributed by atoms with E-state index in [1.54, 1.807) is 23.1 Å². The first-order chi connectivity index (χ1) is 15.9. The van der Waals surface area contributed by atoms with Crippen molar-refractivity contribution < 1.29 is 18.7 Å². The van der Waals surface area contributed by atoms with Crippen molar-refractivity contribution in [2.24, 2.45) is 0 Å². The number of hydrogen-bond acceptors (Lipinski definition) is 5. The van der Waals surface area contributed by atoms with Gasteiger partial charge in [0.25, 0.3) is 5.91 Å². The molecule has 0 aliphatic carbocycles. The second kappa shape index (κ2) is 8.98. The van der Waals surface area contributed by atoms with E-state index < -0.39 is 6.04 Å². The normalized spacial score (nSPS) is 14.9. The van der Waals surface area contributed by atoms with Gasteiger partial charge in [-0.15, -0.1) is 6.58 Å². The first kappa shape index (κ1) is 22.4. The fraction of sp³-hybridized carbons (Fsp3) is 0.259. The SMILES string of the molecule is C=CCOc1ccc(C2c3c(oc4c(C)cc(C)cc4c3=O)C(=O)N2CC=C)cc1OCC. The molecule has 2 aromatic carbocycles. The Morgan fingerprint density at radius 1 is 1.06 bits per heavy atom. The van der Waals surface area contributed by atoms with Gasteiger partial charge in [0.15, 0.2) is 16.9 Å². The third-order valence-electron chi connectivity index (χ3n) is 5.66. The summed E-state index contributed by atoms with van der Waals surface area (Å²) in [5.41, 5.74) is 3.08. The molecule has 0 spiro atoms. The lowest BCUT2D eigenvalue weighted by Gasteiger charge is -2.24. The summed E-state index contributed by atoms with van der Waals surface area (Å²) in [6.45, 7) is 14.2. The van der Waals surface area contributed by atoms with E-state index in [2.05, 4.69) is 13.2 Å². The lowest BCUT2D eigenvalue weighted by Crippen LogP contribution is -2.29. The number of ether oxygens (including phenoxy) is 2. The second-order valence-corrected chi connectivity index (χ2v) is 8.02. The maximum atomic E-state index is 13.7. The largest absolute Gasteiger partial charge is 0.490 e. The van der Waals surface area contributed by atoms with Crippen LogP contribution in [0.5, 0.6) is 11.5 Å². The molecule has 0 saturated carbocycles. The average Bonchev–Trinajstić information content (AvgIpc) is 3.06. The minimum atomic E-state index is -0.625. The van der Waals surface area contributed by atoms with E-state index in [-0.39, 0.29) is 23.6 Å². The molecule has 1 aromatic heterocycles. The number of nitrogens with zero attached hydrogens (tertiary/aromatic N) is 1. The van der Waals surface area contributed by atoms with Gasteiger partial charge in [-0.1, -0.05) is 30.9 Å². The van der Waals surface area contributed by atoms with Crippen LogP contribution in [-0.2, 0) is 0 Å². The summed E-state index contributed by atoms with van der Waals surface area (Å²) in [4.78, 5) is 28.6. The Labute approximate surface area is 192 Å². The van der Waals surface area contributed by atoms with Crippen molar-refractivity contribution in [1.82, 2.24) is 4.90 Å². The molecular weight excluding hydrogens is 418 g/mol. The highest BCUT2D eigenvalue weighted by molar-refractivity contribution is 5.99. The number of amides is 1. The van der Waals surface area contributed by atoms with E-state index in [0.29, 0.717) is 41.2 Å². The molecule has 6 nitrogen and oxygen atoms in total. The summed E-state index contributed by atoms with van der Waals surface area (Å²) in [5.74, 6) is 0.848. The molecule has 2 heterocycles. The van der Waals surface area contributed by atoms with E-state index >= 15 is 0 Å². The number of benzene rings is 2. The monoisotopic (exact) mass is 445 g/mol. The smallest absolute Gasteiger partial charge is 0.291 e. The Morgan fingerprint density at radius 2 is 1.85 bits per heavy atom. The van der Waals surface area contributed by atoms with Crippen molar-refractivity contribution in [3.63, 3.8) is 0 Å². The number of carbonyl (C=O) groups is 1. The van der Waals surface area contributed by atoms with Gasteiger partial charge in [0, 0.05) is 6.54 Å². The molecule has 170 valence electrons. The van der Waals surface area contributed by atoms with E-state index in [1.807, 2.05) is 45.0 Å². The Hall–Kier alpha value is -3.80. The van der Waals surface area contributed by atoms with E-state index in [1.165, 1.54) is 0 Å². The average molecular weight is 446 g/mol. The molecule has 0 bridgehead atoms. The second-order valence-electron chi connectivity index (χ2n) is 8.02. The number of aryl methyl sites for hydroxylation is 2. The Morgan fingerprint density at radius 3 is 2.55 bits per heavy atom. The quantitative estimate of drug-likeness (QED) is 0.451. The topological polar surface area (TPSA) is 69.0 Å². The van der Waals surface area contributed by atoms with Crippen LogP contribution in [0.2, 0.25) is 0 Å². The molecule has 0 radical (unpaired) electrons. The molecular formula is C27H27NO5. The molecule has 4 rings (SSSR count). The zero-order valence-electron chi connectivity index (χ0n) is 19.1. The zero-order valence-corrected chi connectivity index (χ0v) is 19.1. The molecule has 1 unspecified atom stereocenters. The van der Waals surface area contributed by atoms with Crippen molar-refractivity contribution in [2.45, 2.75) is 26.8 Å². The molecule has 0 saturated heterocycles. The maximum Gasteiger partial charge on any atom is 0.291 e. The van der Waals surface area contributed by atoms with Gasteiger partial charge in [-0.25, -0.2) is 0 Å². The molecule has 33 heavy (non-hydrogen) atoms. The van der Waals surface area contributed by atoms with Gasteiger partial charge < -0.3 is 18.8 Å². The highest BCUT2D eigenvalue weighted by Gasteiger charge is 2.42. The number of fused-ring (bicyclic) bond motifs is 2. The number of rotatable bonds is 8. The highest BCUT2D eigenvalue weighted by atomic mass is 16.5. The molecule has 1 amide bonds. The predicted octanol–water partition coefficient (Wildman–Crippen LogP) is 5.10. The van der Waals surface area contributed by atoms with E-state index in [4.69, 9.17) is 13.9 Å². The van der Waals surface area contributed by atoms with Crippen molar-refractivity contribution in [3.05, 3.63) is 93.9 Å². The standard InChI is InChI=1S/C27H27NO5/c1-6-11-28-23(18-9-10-20(32-12-7-2)21(15-18)31-8-3)22-24(29)19-14-16(4)13-17(5)25(19)33-26(22)27(28)30/h6-7,9-10,13-15,23H,1-2,8,11-12H2,3-5H3. The number of hydrogen-bond donors (Lipinski definition) is 0. The fourth-order valence-electron chi connectivity index (χ4n) is 4.38. The van der Waals surface area contributed by atoms with Gasteiger partial charge in [0.1, 0.15) is 12.2 Å². The molecule has 0 fully saturated rings. The van der Waals surface area contributed by atoms with Gasteiger partial charge in [-0.05, 0) is 55.7 Å². The van der Waals surface area contributed by atoms with Crippen LogP contribution in [0.3, 0.4) is 0 Å². The lowest BCUT2D eigenvalue weighted by molar-refractivity contribution is 0.0748. The van der Waals surface area contributed by atoms with Gasteiger partial charge in [-0.2, -0.15) is 0 Å². The summed E-state index contributed by atoms with van der Waals surface area (Å²) >= 11 is 0. The van der Waals surface area contributed by atoms with Crippen LogP contribution in [0.1, 0.15) is 45.8 Å². The summed E-state index contributed by atoms with van der Waals surface area (Å²) in [7, 11) is 0. The van der Waals surface area contributed by atoms with E-state index in [9.17, 15) is 9.59 Å². The van der Waals surface area contributed by atoms with Gasteiger partial charge in [-0.3, -0.25) is 9.59 Å². The summed E-state index contributed by atoms with van der Waals surface area (Å²) in [5, 5.41) is 0.473. The van der Waals surface area contributed by atoms with Crippen LogP contribution in [0.15, 0.2) is 64.9 Å². The van der Waals surface area contributed by atoms with Crippen molar-refractivity contribution in [2.75, 3.05) is 19.8 Å². The Balaban J connectivity index is 1.95. The van der Waals surface area contributed by atoms with Crippen LogP contribution in [0, 0.1) is 13.8 Å². The Bertz CT molecular complexity index is 1320. The third kappa shape index (κ3) is 3.82. The molecule has 3 aromatic rings. The molecule has 1 aliphatic heterocycles.